The Labute approximate surface area is 145 Å². The second kappa shape index (κ2) is 6.29. The van der Waals surface area contributed by atoms with Crippen molar-refractivity contribution in [3.05, 3.63) is 70.8 Å². The Hall–Kier alpha value is -3.16. The van der Waals surface area contributed by atoms with Crippen LogP contribution in [0.4, 0.5) is 13.2 Å². The molecule has 1 atom stereocenters. The number of hydrogen-bond acceptors (Lipinski definition) is 4. The monoisotopic (exact) mass is 363 g/mol. The number of alkyl halides is 3. The van der Waals surface area contributed by atoms with Gasteiger partial charge in [-0.15, -0.1) is 0 Å². The topological polar surface area (TPSA) is 63.7 Å². The van der Waals surface area contributed by atoms with Crippen molar-refractivity contribution >= 4 is 17.8 Å². The summed E-state index contributed by atoms with van der Waals surface area (Å²) in [6.45, 7) is 1.41. The van der Waals surface area contributed by atoms with E-state index in [0.717, 1.165) is 24.3 Å². The summed E-state index contributed by atoms with van der Waals surface area (Å²) < 4.78 is 37.8. The lowest BCUT2D eigenvalue weighted by Crippen LogP contribution is -2.34. The van der Waals surface area contributed by atoms with E-state index in [9.17, 15) is 27.6 Å². The van der Waals surface area contributed by atoms with E-state index in [0.29, 0.717) is 5.06 Å². The highest BCUT2D eigenvalue weighted by molar-refractivity contribution is 6.20. The fourth-order valence-electron chi connectivity index (χ4n) is 2.52. The summed E-state index contributed by atoms with van der Waals surface area (Å²) in [5.41, 5.74) is -0.346. The highest BCUT2D eigenvalue weighted by Gasteiger charge is 2.39. The number of nitrogens with zero attached hydrogens (tertiary/aromatic N) is 1. The van der Waals surface area contributed by atoms with Crippen molar-refractivity contribution < 1.29 is 32.4 Å². The number of imide groups is 1. The van der Waals surface area contributed by atoms with Crippen LogP contribution in [0.1, 0.15) is 44.7 Å². The van der Waals surface area contributed by atoms with Gasteiger partial charge in [0.05, 0.1) is 22.6 Å². The molecule has 8 heteroatoms. The predicted octanol–water partition coefficient (Wildman–Crippen LogP) is 3.56. The first kappa shape index (κ1) is 17.7. The minimum absolute atomic E-state index is 0.118. The normalized spacial score (nSPS) is 15.0. The van der Waals surface area contributed by atoms with Gasteiger partial charge in [-0.1, -0.05) is 29.3 Å². The fraction of sp³-hybridized carbons (Fsp3) is 0.167. The second-order valence-electron chi connectivity index (χ2n) is 5.70. The van der Waals surface area contributed by atoms with Crippen molar-refractivity contribution in [3.8, 4) is 0 Å². The number of hydroxylamine groups is 2. The van der Waals surface area contributed by atoms with E-state index in [1.165, 1.54) is 19.1 Å². The maximum absolute atomic E-state index is 12.6. The molecule has 2 aromatic rings. The van der Waals surface area contributed by atoms with E-state index in [1.807, 2.05) is 0 Å². The molecule has 0 bridgehead atoms. The van der Waals surface area contributed by atoms with Crippen molar-refractivity contribution in [2.75, 3.05) is 0 Å². The first-order chi connectivity index (χ1) is 12.2. The molecule has 1 heterocycles. The molecule has 0 aromatic heterocycles. The van der Waals surface area contributed by atoms with Crippen LogP contribution in [0.2, 0.25) is 0 Å². The van der Waals surface area contributed by atoms with Crippen LogP contribution in [0.25, 0.3) is 0 Å². The molecule has 0 aliphatic carbocycles. The van der Waals surface area contributed by atoms with Crippen LogP contribution in [0, 0.1) is 0 Å². The molecule has 26 heavy (non-hydrogen) atoms. The van der Waals surface area contributed by atoms with Crippen LogP contribution in [0.5, 0.6) is 0 Å². The Morgan fingerprint density at radius 2 is 1.46 bits per heavy atom. The maximum atomic E-state index is 12.6. The fourth-order valence-corrected chi connectivity index (χ4v) is 2.52. The average molecular weight is 363 g/mol. The van der Waals surface area contributed by atoms with Gasteiger partial charge >= 0.3 is 12.1 Å². The molecular formula is C18H12F3NO4. The number of carbonyl (C=O) groups excluding carboxylic acids is 3. The average Bonchev–Trinajstić information content (AvgIpc) is 2.86. The van der Waals surface area contributed by atoms with E-state index >= 15 is 0 Å². The molecule has 2 amide bonds. The summed E-state index contributed by atoms with van der Waals surface area (Å²) in [6, 6.07) is 10.0. The highest BCUT2D eigenvalue weighted by atomic mass is 19.4. The number of fused-ring (bicyclic) bond motifs is 1. The number of amides is 2. The van der Waals surface area contributed by atoms with Gasteiger partial charge < -0.3 is 4.84 Å². The van der Waals surface area contributed by atoms with Crippen LogP contribution < -0.4 is 0 Å². The van der Waals surface area contributed by atoms with Crippen LogP contribution in [-0.4, -0.2) is 22.8 Å². The Bertz CT molecular complexity index is 855. The number of rotatable bonds is 3. The van der Waals surface area contributed by atoms with Gasteiger partial charge in [-0.3, -0.25) is 9.59 Å². The minimum Gasteiger partial charge on any atom is -0.329 e. The lowest BCUT2D eigenvalue weighted by atomic mass is 10.00. The van der Waals surface area contributed by atoms with Crippen molar-refractivity contribution in [2.45, 2.75) is 19.0 Å². The van der Waals surface area contributed by atoms with Gasteiger partial charge in [0, 0.05) is 0 Å². The summed E-state index contributed by atoms with van der Waals surface area (Å²) in [5, 5.41) is 0.369. The third-order valence-corrected chi connectivity index (χ3v) is 4.03. The zero-order valence-electron chi connectivity index (χ0n) is 13.4. The zero-order chi connectivity index (χ0) is 19.1. The molecule has 0 radical (unpaired) electrons. The summed E-state index contributed by atoms with van der Waals surface area (Å²) in [5.74, 6) is -3.43. The Morgan fingerprint density at radius 3 is 1.92 bits per heavy atom. The molecule has 1 aliphatic rings. The zero-order valence-corrected chi connectivity index (χ0v) is 13.4. The standard InChI is InChI=1S/C18H12F3NO4/c1-10(11-6-8-12(9-7-11)18(19,20)21)17(25)26-22-15(23)13-4-2-3-5-14(13)16(22)24/h2-10H,1H3. The number of halogens is 3. The van der Waals surface area contributed by atoms with E-state index in [4.69, 9.17) is 4.84 Å². The number of hydrogen-bond donors (Lipinski definition) is 0. The summed E-state index contributed by atoms with van der Waals surface area (Å²) >= 11 is 0. The van der Waals surface area contributed by atoms with E-state index in [1.54, 1.807) is 12.1 Å². The molecule has 5 nitrogen and oxygen atoms in total. The van der Waals surface area contributed by atoms with Gasteiger partial charge in [0.25, 0.3) is 11.8 Å². The summed E-state index contributed by atoms with van der Waals surface area (Å²) in [7, 11) is 0. The quantitative estimate of drug-likeness (QED) is 0.783. The number of carbonyl (C=O) groups is 3. The molecule has 1 unspecified atom stereocenters. The summed E-state index contributed by atoms with van der Waals surface area (Å²) in [6.07, 6.45) is -4.48. The van der Waals surface area contributed by atoms with E-state index < -0.39 is 35.4 Å². The molecule has 0 saturated carbocycles. The molecule has 3 rings (SSSR count). The highest BCUT2D eigenvalue weighted by Crippen LogP contribution is 2.31. The lowest BCUT2D eigenvalue weighted by Gasteiger charge is -2.17. The Kier molecular flexibility index (Phi) is 4.27. The Balaban J connectivity index is 1.74. The molecule has 0 fully saturated rings. The van der Waals surface area contributed by atoms with Crippen molar-refractivity contribution in [2.24, 2.45) is 0 Å². The van der Waals surface area contributed by atoms with Gasteiger partial charge in [-0.2, -0.15) is 13.2 Å². The molecule has 2 aromatic carbocycles. The van der Waals surface area contributed by atoms with Crippen LogP contribution in [0.3, 0.4) is 0 Å². The van der Waals surface area contributed by atoms with Gasteiger partial charge in [-0.25, -0.2) is 4.79 Å². The molecular weight excluding hydrogens is 351 g/mol. The van der Waals surface area contributed by atoms with E-state index in [-0.39, 0.29) is 16.7 Å². The molecule has 0 N–H and O–H groups in total. The molecule has 1 aliphatic heterocycles. The van der Waals surface area contributed by atoms with Crippen LogP contribution >= 0.6 is 0 Å². The van der Waals surface area contributed by atoms with Gasteiger partial charge in [-0.05, 0) is 36.8 Å². The first-order valence-corrected chi connectivity index (χ1v) is 7.57. The minimum atomic E-state index is -4.48. The van der Waals surface area contributed by atoms with Crippen LogP contribution in [0.15, 0.2) is 48.5 Å². The molecule has 134 valence electrons. The SMILES string of the molecule is CC(C(=O)ON1C(=O)c2ccccc2C1=O)c1ccc(C(F)(F)F)cc1. The van der Waals surface area contributed by atoms with Gasteiger partial charge in [0.2, 0.25) is 0 Å². The third-order valence-electron chi connectivity index (χ3n) is 4.03. The smallest absolute Gasteiger partial charge is 0.329 e. The second-order valence-corrected chi connectivity index (χ2v) is 5.70. The van der Waals surface area contributed by atoms with Crippen molar-refractivity contribution in [1.29, 1.82) is 0 Å². The van der Waals surface area contributed by atoms with Crippen LogP contribution in [-0.2, 0) is 15.8 Å². The molecule has 0 spiro atoms. The maximum Gasteiger partial charge on any atom is 0.416 e. The number of benzene rings is 2. The first-order valence-electron chi connectivity index (χ1n) is 7.57. The predicted molar refractivity (Wildman–Crippen MR) is 82.9 cm³/mol. The van der Waals surface area contributed by atoms with E-state index in [2.05, 4.69) is 0 Å². The molecule has 0 saturated heterocycles. The Morgan fingerprint density at radius 1 is 0.962 bits per heavy atom. The summed E-state index contributed by atoms with van der Waals surface area (Å²) in [4.78, 5) is 41.5. The van der Waals surface area contributed by atoms with Gasteiger partial charge in [0.15, 0.2) is 0 Å². The largest absolute Gasteiger partial charge is 0.416 e. The lowest BCUT2D eigenvalue weighted by molar-refractivity contribution is -0.170. The van der Waals surface area contributed by atoms with Gasteiger partial charge in [0.1, 0.15) is 0 Å². The van der Waals surface area contributed by atoms with Crippen molar-refractivity contribution in [3.63, 3.8) is 0 Å². The third kappa shape index (κ3) is 3.05. The van der Waals surface area contributed by atoms with Crippen molar-refractivity contribution in [1.82, 2.24) is 5.06 Å².